The molecule has 2 aromatic carbocycles. The lowest BCUT2D eigenvalue weighted by atomic mass is 9.95. The smallest absolute Gasteiger partial charge is 0.243 e. The molecule has 0 aliphatic carbocycles. The summed E-state index contributed by atoms with van der Waals surface area (Å²) in [5.41, 5.74) is 1.17. The minimum Gasteiger partial charge on any atom is -0.504 e. The molecule has 0 amide bonds. The average Bonchev–Trinajstić information content (AvgIpc) is 2.58. The largest absolute Gasteiger partial charge is 0.504 e. The first-order valence-corrected chi connectivity index (χ1v) is 8.91. The van der Waals surface area contributed by atoms with Crippen LogP contribution in [-0.4, -0.2) is 43.1 Å². The van der Waals surface area contributed by atoms with Crippen LogP contribution in [0.5, 0.6) is 11.5 Å². The number of nitrogens with zero attached hydrogens (tertiary/aromatic N) is 1. The van der Waals surface area contributed by atoms with Gasteiger partial charge in [-0.2, -0.15) is 4.31 Å². The molecule has 0 saturated heterocycles. The van der Waals surface area contributed by atoms with Crippen molar-refractivity contribution in [2.75, 3.05) is 14.2 Å². The highest BCUT2D eigenvalue weighted by Gasteiger charge is 2.41. The van der Waals surface area contributed by atoms with Gasteiger partial charge in [0.2, 0.25) is 10.0 Å². The van der Waals surface area contributed by atoms with E-state index in [2.05, 4.69) is 0 Å². The van der Waals surface area contributed by atoms with Gasteiger partial charge in [0.25, 0.3) is 0 Å². The minimum atomic E-state index is -3.65. The topological polar surface area (TPSA) is 87.1 Å². The molecule has 1 aliphatic rings. The number of phenolic OH excluding ortho intramolecular Hbond substituents is 1. The maximum Gasteiger partial charge on any atom is 0.243 e. The fourth-order valence-electron chi connectivity index (χ4n) is 3.03. The number of aliphatic hydroxyl groups excluding tert-OH is 1. The molecule has 0 saturated carbocycles. The van der Waals surface area contributed by atoms with Gasteiger partial charge in [-0.05, 0) is 30.2 Å². The van der Waals surface area contributed by atoms with Crippen molar-refractivity contribution >= 4 is 10.0 Å². The van der Waals surface area contributed by atoms with Crippen LogP contribution in [0.1, 0.15) is 17.2 Å². The summed E-state index contributed by atoms with van der Waals surface area (Å²) in [4.78, 5) is 0.138. The number of aromatic hydroxyl groups is 1. The number of ether oxygens (including phenoxy) is 1. The molecule has 128 valence electrons. The molecule has 2 atom stereocenters. The quantitative estimate of drug-likeness (QED) is 0.880. The van der Waals surface area contributed by atoms with Crippen molar-refractivity contribution in [2.45, 2.75) is 23.5 Å². The molecule has 2 N–H and O–H groups in total. The Bertz CT molecular complexity index is 865. The molecule has 6 nitrogen and oxygen atoms in total. The van der Waals surface area contributed by atoms with Gasteiger partial charge in [0.05, 0.1) is 24.2 Å². The SMILES string of the molecule is COc1cc(CC2C(O)c3ccccc3S(=O)(=O)N2C)ccc1O. The number of fused-ring (bicyclic) bond motifs is 1. The molecule has 2 aromatic rings. The summed E-state index contributed by atoms with van der Waals surface area (Å²) in [6.45, 7) is 0. The Morgan fingerprint density at radius 1 is 1.21 bits per heavy atom. The molecular weight excluding hydrogens is 330 g/mol. The third-order valence-electron chi connectivity index (χ3n) is 4.42. The molecule has 1 aliphatic heterocycles. The van der Waals surface area contributed by atoms with Crippen molar-refractivity contribution in [1.82, 2.24) is 4.31 Å². The lowest BCUT2D eigenvalue weighted by molar-refractivity contribution is 0.0891. The summed E-state index contributed by atoms with van der Waals surface area (Å²) in [5, 5.41) is 20.4. The zero-order chi connectivity index (χ0) is 17.5. The van der Waals surface area contributed by atoms with Crippen molar-refractivity contribution < 1.29 is 23.4 Å². The van der Waals surface area contributed by atoms with Gasteiger partial charge in [-0.15, -0.1) is 0 Å². The second kappa shape index (κ2) is 6.08. The number of benzene rings is 2. The first-order chi connectivity index (χ1) is 11.4. The van der Waals surface area contributed by atoms with Gasteiger partial charge in [0, 0.05) is 12.6 Å². The molecule has 0 spiro atoms. The third kappa shape index (κ3) is 2.64. The molecule has 7 heteroatoms. The molecular formula is C17H19NO5S. The number of phenols is 1. The van der Waals surface area contributed by atoms with Crippen molar-refractivity contribution in [2.24, 2.45) is 0 Å². The molecule has 0 aromatic heterocycles. The molecule has 1 heterocycles. The van der Waals surface area contributed by atoms with Crippen LogP contribution in [0.25, 0.3) is 0 Å². The van der Waals surface area contributed by atoms with Crippen LogP contribution in [0.4, 0.5) is 0 Å². The number of rotatable bonds is 3. The van der Waals surface area contributed by atoms with E-state index in [-0.39, 0.29) is 10.6 Å². The van der Waals surface area contributed by atoms with E-state index in [4.69, 9.17) is 4.74 Å². The highest BCUT2D eigenvalue weighted by atomic mass is 32.2. The number of likely N-dealkylation sites (N-methyl/N-ethyl adjacent to an activating group) is 1. The maximum atomic E-state index is 12.7. The Balaban J connectivity index is 2.00. The van der Waals surface area contributed by atoms with Crippen LogP contribution in [0.2, 0.25) is 0 Å². The maximum absolute atomic E-state index is 12.7. The predicted molar refractivity (Wildman–Crippen MR) is 88.5 cm³/mol. The summed E-state index contributed by atoms with van der Waals surface area (Å²) >= 11 is 0. The molecule has 0 radical (unpaired) electrons. The van der Waals surface area contributed by atoms with Crippen LogP contribution >= 0.6 is 0 Å². The van der Waals surface area contributed by atoms with E-state index in [1.807, 2.05) is 0 Å². The molecule has 0 fully saturated rings. The summed E-state index contributed by atoms with van der Waals surface area (Å²) in [6, 6.07) is 10.7. The first-order valence-electron chi connectivity index (χ1n) is 7.47. The third-order valence-corrected chi connectivity index (χ3v) is 6.37. The van der Waals surface area contributed by atoms with Crippen molar-refractivity contribution in [1.29, 1.82) is 0 Å². The van der Waals surface area contributed by atoms with E-state index in [0.717, 1.165) is 5.56 Å². The highest BCUT2D eigenvalue weighted by Crippen LogP contribution is 2.37. The standard InChI is InChI=1S/C17H19NO5S/c1-18-13(9-11-7-8-14(19)15(10-11)23-2)17(20)12-5-3-4-6-16(12)24(18,21)22/h3-8,10,13,17,19-20H,9H2,1-2H3. The van der Waals surface area contributed by atoms with E-state index < -0.39 is 22.2 Å². The number of aliphatic hydroxyl groups is 1. The Labute approximate surface area is 141 Å². The van der Waals surface area contributed by atoms with Crippen LogP contribution in [0.3, 0.4) is 0 Å². The number of hydrogen-bond donors (Lipinski definition) is 2. The van der Waals surface area contributed by atoms with Crippen LogP contribution in [0, 0.1) is 0 Å². The molecule has 2 unspecified atom stereocenters. The Morgan fingerprint density at radius 3 is 2.62 bits per heavy atom. The fourth-order valence-corrected chi connectivity index (χ4v) is 4.62. The molecule has 24 heavy (non-hydrogen) atoms. The first kappa shape index (κ1) is 16.8. The van der Waals surface area contributed by atoms with Crippen molar-refractivity contribution in [3.63, 3.8) is 0 Å². The second-order valence-corrected chi connectivity index (χ2v) is 7.75. The number of methoxy groups -OCH3 is 1. The van der Waals surface area contributed by atoms with Crippen LogP contribution in [-0.2, 0) is 16.4 Å². The Morgan fingerprint density at radius 2 is 1.92 bits per heavy atom. The lowest BCUT2D eigenvalue weighted by Gasteiger charge is -2.37. The lowest BCUT2D eigenvalue weighted by Crippen LogP contribution is -2.46. The molecule has 0 bridgehead atoms. The van der Waals surface area contributed by atoms with Crippen LogP contribution < -0.4 is 4.74 Å². The zero-order valence-electron chi connectivity index (χ0n) is 13.4. The zero-order valence-corrected chi connectivity index (χ0v) is 14.2. The van der Waals surface area contributed by atoms with Gasteiger partial charge in [-0.3, -0.25) is 0 Å². The normalized spacial score (nSPS) is 22.8. The Hall–Kier alpha value is -2.09. The number of hydrogen-bond acceptors (Lipinski definition) is 5. The summed E-state index contributed by atoms with van der Waals surface area (Å²) in [7, 11) is -0.739. The van der Waals surface area contributed by atoms with E-state index in [1.165, 1.54) is 30.6 Å². The van der Waals surface area contributed by atoms with Gasteiger partial charge in [0.1, 0.15) is 0 Å². The van der Waals surface area contributed by atoms with Gasteiger partial charge in [0.15, 0.2) is 11.5 Å². The van der Waals surface area contributed by atoms with E-state index >= 15 is 0 Å². The summed E-state index contributed by atoms with van der Waals surface area (Å²) in [6.07, 6.45) is -0.642. The summed E-state index contributed by atoms with van der Waals surface area (Å²) in [5.74, 6) is 0.320. The van der Waals surface area contributed by atoms with Crippen molar-refractivity contribution in [3.05, 3.63) is 53.6 Å². The average molecular weight is 349 g/mol. The van der Waals surface area contributed by atoms with Gasteiger partial charge < -0.3 is 14.9 Å². The fraction of sp³-hybridized carbons (Fsp3) is 0.294. The summed E-state index contributed by atoms with van der Waals surface area (Å²) < 4.78 is 31.6. The van der Waals surface area contributed by atoms with E-state index in [0.29, 0.717) is 17.7 Å². The second-order valence-electron chi connectivity index (χ2n) is 5.78. The highest BCUT2D eigenvalue weighted by molar-refractivity contribution is 7.89. The number of sulfonamides is 1. The Kier molecular flexibility index (Phi) is 4.25. The molecule has 3 rings (SSSR count). The van der Waals surface area contributed by atoms with Crippen molar-refractivity contribution in [3.8, 4) is 11.5 Å². The van der Waals surface area contributed by atoms with Gasteiger partial charge >= 0.3 is 0 Å². The minimum absolute atomic E-state index is 0.0109. The monoisotopic (exact) mass is 349 g/mol. The van der Waals surface area contributed by atoms with Gasteiger partial charge in [-0.25, -0.2) is 8.42 Å². The van der Waals surface area contributed by atoms with Gasteiger partial charge in [-0.1, -0.05) is 24.3 Å². The van der Waals surface area contributed by atoms with Crippen LogP contribution in [0.15, 0.2) is 47.4 Å². The predicted octanol–water partition coefficient (Wildman–Crippen LogP) is 1.68. The van der Waals surface area contributed by atoms with E-state index in [1.54, 1.807) is 30.3 Å². The van der Waals surface area contributed by atoms with E-state index in [9.17, 15) is 18.6 Å².